The molecule has 6 bridgehead atoms. The minimum absolute atomic E-state index is 0.127. The lowest BCUT2D eigenvalue weighted by Crippen LogP contribution is -2.45. The molecule has 3 aliphatic heterocycles. The Balaban J connectivity index is 1.56. The second-order valence-corrected chi connectivity index (χ2v) is 14.6. The second-order valence-electron chi connectivity index (χ2n) is 14.6. The Kier molecular flexibility index (Phi) is 9.61. The molecule has 7 rings (SSSR count). The molecule has 0 amide bonds. The average molecular weight is 670 g/mol. The number of piperidine rings is 1. The van der Waals surface area contributed by atoms with Gasteiger partial charge in [-0.25, -0.2) is 14.2 Å². The number of carbonyl (C=O) groups excluding carboxylic acids is 1. The van der Waals surface area contributed by atoms with Gasteiger partial charge >= 0.3 is 5.97 Å². The molecule has 9 heteroatoms. The Morgan fingerprint density at radius 2 is 1.80 bits per heavy atom. The monoisotopic (exact) mass is 669 g/mol. The van der Waals surface area contributed by atoms with Gasteiger partial charge < -0.3 is 23.8 Å². The van der Waals surface area contributed by atoms with Crippen LogP contribution in [0.3, 0.4) is 0 Å². The zero-order valence-corrected chi connectivity index (χ0v) is 29.9. The summed E-state index contributed by atoms with van der Waals surface area (Å²) in [7, 11) is 1.39. The summed E-state index contributed by atoms with van der Waals surface area (Å²) in [4.78, 5) is 20.8. The van der Waals surface area contributed by atoms with Crippen molar-refractivity contribution in [2.45, 2.75) is 91.1 Å². The molecular weight excluding hydrogens is 621 g/mol. The molecule has 0 radical (unpaired) electrons. The van der Waals surface area contributed by atoms with Crippen LogP contribution in [0.4, 0.5) is 10.2 Å². The molecular formula is C40H48FN3O5. The molecule has 5 heterocycles. The van der Waals surface area contributed by atoms with Gasteiger partial charge in [-0.3, -0.25) is 4.40 Å². The standard InChI is InChI=1S/C40H48FN3O5/c1-25-20-33-30(23-31(25)41)28-13-11-14-29(22-28)32-24-44-34(42-32)21-26(2)35(36(38(45)46-8)49-39(4,5)6)37(44)43-17-15-40(7,16-18-43)47-19-10-9-12-27(3)48-33/h9-11,13-14,20-24,27,36H,12,15-19H2,1-8H3/t27-,36-/m0/s1. The molecule has 49 heavy (non-hydrogen) atoms. The van der Waals surface area contributed by atoms with Gasteiger partial charge in [0.05, 0.1) is 36.7 Å². The Morgan fingerprint density at radius 1 is 1.06 bits per heavy atom. The number of anilines is 1. The van der Waals surface area contributed by atoms with E-state index in [0.717, 1.165) is 52.3 Å². The maximum Gasteiger partial charge on any atom is 0.339 e. The van der Waals surface area contributed by atoms with Crippen molar-refractivity contribution in [3.8, 4) is 28.1 Å². The van der Waals surface area contributed by atoms with Gasteiger partial charge in [-0.15, -0.1) is 0 Å². The number of carbonyl (C=O) groups is 1. The number of ether oxygens (including phenoxy) is 4. The SMILES string of the molecule is COC(=O)[C@@H](OC(C)(C)C)c1c(C)cc2nc3cn2c1N1CCC(C)(CC1)OCC=CC[C@H](C)Oc1cc(C)c(F)cc1-c1cccc-3c1. The fraction of sp³-hybridized carbons (Fsp3) is 0.450. The van der Waals surface area contributed by atoms with Crippen molar-refractivity contribution < 1.29 is 28.1 Å². The number of fused-ring (bicyclic) bond motifs is 7. The number of hydrogen-bond donors (Lipinski definition) is 0. The van der Waals surface area contributed by atoms with Gasteiger partial charge in [0.25, 0.3) is 0 Å². The quantitative estimate of drug-likeness (QED) is 0.160. The highest BCUT2D eigenvalue weighted by Gasteiger charge is 2.37. The number of rotatable bonds is 3. The number of pyridine rings is 1. The highest BCUT2D eigenvalue weighted by Crippen LogP contribution is 2.41. The first kappa shape index (κ1) is 34.6. The first-order valence-electron chi connectivity index (χ1n) is 17.1. The van der Waals surface area contributed by atoms with Crippen LogP contribution >= 0.6 is 0 Å². The topological polar surface area (TPSA) is 74.5 Å². The van der Waals surface area contributed by atoms with Crippen LogP contribution in [0, 0.1) is 19.7 Å². The van der Waals surface area contributed by atoms with Crippen molar-refractivity contribution in [3.05, 3.63) is 83.3 Å². The van der Waals surface area contributed by atoms with E-state index in [-0.39, 0.29) is 17.5 Å². The van der Waals surface area contributed by atoms with E-state index in [1.807, 2.05) is 71.1 Å². The van der Waals surface area contributed by atoms with Gasteiger partial charge in [0, 0.05) is 42.4 Å². The lowest BCUT2D eigenvalue weighted by Gasteiger charge is -2.41. The normalized spacial score (nSPS) is 20.6. The molecule has 0 N–H and O–H groups in total. The molecule has 260 valence electrons. The summed E-state index contributed by atoms with van der Waals surface area (Å²) in [6.45, 7) is 15.7. The highest BCUT2D eigenvalue weighted by molar-refractivity contribution is 5.82. The van der Waals surface area contributed by atoms with E-state index >= 15 is 4.39 Å². The third kappa shape index (κ3) is 7.38. The maximum atomic E-state index is 15.0. The summed E-state index contributed by atoms with van der Waals surface area (Å²) in [5.41, 5.74) is 5.12. The molecule has 1 saturated heterocycles. The van der Waals surface area contributed by atoms with Gasteiger partial charge in [-0.2, -0.15) is 0 Å². The molecule has 1 fully saturated rings. The van der Waals surface area contributed by atoms with Gasteiger partial charge in [0.15, 0.2) is 6.10 Å². The molecule has 2 aromatic heterocycles. The molecule has 0 aliphatic carbocycles. The summed E-state index contributed by atoms with van der Waals surface area (Å²) >= 11 is 0. The molecule has 3 aliphatic rings. The zero-order valence-electron chi connectivity index (χ0n) is 29.9. The van der Waals surface area contributed by atoms with Crippen LogP contribution in [0.2, 0.25) is 0 Å². The van der Waals surface area contributed by atoms with E-state index in [1.165, 1.54) is 7.11 Å². The van der Waals surface area contributed by atoms with Gasteiger partial charge in [0.2, 0.25) is 0 Å². The van der Waals surface area contributed by atoms with Crippen molar-refractivity contribution in [3.63, 3.8) is 0 Å². The number of halogens is 1. The Bertz CT molecular complexity index is 1880. The zero-order chi connectivity index (χ0) is 35.1. The number of nitrogens with zero attached hydrogens (tertiary/aromatic N) is 3. The number of methoxy groups -OCH3 is 1. The predicted octanol–water partition coefficient (Wildman–Crippen LogP) is 8.56. The van der Waals surface area contributed by atoms with Crippen molar-refractivity contribution in [2.75, 3.05) is 31.7 Å². The minimum atomic E-state index is -0.948. The van der Waals surface area contributed by atoms with E-state index in [9.17, 15) is 4.79 Å². The first-order chi connectivity index (χ1) is 23.2. The van der Waals surface area contributed by atoms with Crippen molar-refractivity contribution >= 4 is 17.4 Å². The molecule has 2 atom stereocenters. The number of hydrogen-bond acceptors (Lipinski definition) is 7. The number of esters is 1. The van der Waals surface area contributed by atoms with Crippen LogP contribution < -0.4 is 9.64 Å². The largest absolute Gasteiger partial charge is 0.490 e. The second kappa shape index (κ2) is 13.6. The third-order valence-corrected chi connectivity index (χ3v) is 9.46. The van der Waals surface area contributed by atoms with Gasteiger partial charge in [-0.1, -0.05) is 30.4 Å². The van der Waals surface area contributed by atoms with E-state index in [1.54, 1.807) is 19.1 Å². The maximum absolute atomic E-state index is 15.0. The van der Waals surface area contributed by atoms with Crippen molar-refractivity contribution in [1.29, 1.82) is 0 Å². The van der Waals surface area contributed by atoms with E-state index in [4.69, 9.17) is 23.9 Å². The molecule has 0 spiro atoms. The molecule has 8 nitrogen and oxygen atoms in total. The van der Waals surface area contributed by atoms with Crippen LogP contribution in [0.5, 0.6) is 5.75 Å². The summed E-state index contributed by atoms with van der Waals surface area (Å²) in [6, 6.07) is 13.3. The first-order valence-corrected chi connectivity index (χ1v) is 17.1. The van der Waals surface area contributed by atoms with Crippen LogP contribution in [0.15, 0.2) is 60.8 Å². The lowest BCUT2D eigenvalue weighted by molar-refractivity contribution is -0.164. The Hall–Kier alpha value is -4.21. The lowest BCUT2D eigenvalue weighted by atomic mass is 9.92. The van der Waals surface area contributed by atoms with E-state index in [0.29, 0.717) is 43.0 Å². The number of aromatic nitrogens is 2. The molecule has 0 saturated carbocycles. The summed E-state index contributed by atoms with van der Waals surface area (Å²) in [5, 5.41) is 0. The molecule has 4 aromatic rings. The Morgan fingerprint density at radius 3 is 2.51 bits per heavy atom. The van der Waals surface area contributed by atoms with Gasteiger partial charge in [0.1, 0.15) is 23.0 Å². The summed E-state index contributed by atoms with van der Waals surface area (Å²) in [6.07, 6.45) is 7.37. The minimum Gasteiger partial charge on any atom is -0.490 e. The van der Waals surface area contributed by atoms with Crippen LogP contribution in [-0.2, 0) is 19.0 Å². The van der Waals surface area contributed by atoms with Gasteiger partial charge in [-0.05, 0) is 102 Å². The summed E-state index contributed by atoms with van der Waals surface area (Å²) < 4.78 is 41.8. The van der Waals surface area contributed by atoms with E-state index in [2.05, 4.69) is 28.4 Å². The number of imidazole rings is 1. The average Bonchev–Trinajstić information content (AvgIpc) is 3.47. The summed E-state index contributed by atoms with van der Waals surface area (Å²) in [5.74, 6) is 0.738. The van der Waals surface area contributed by atoms with Crippen molar-refractivity contribution in [2.24, 2.45) is 0 Å². The predicted molar refractivity (Wildman–Crippen MR) is 191 cm³/mol. The number of benzene rings is 2. The fourth-order valence-electron chi connectivity index (χ4n) is 6.74. The van der Waals surface area contributed by atoms with Crippen LogP contribution in [0.25, 0.3) is 28.0 Å². The third-order valence-electron chi connectivity index (χ3n) is 9.46. The molecule has 0 unspecified atom stereocenters. The van der Waals surface area contributed by atoms with E-state index < -0.39 is 17.7 Å². The fourth-order valence-corrected chi connectivity index (χ4v) is 6.74. The Labute approximate surface area is 288 Å². The van der Waals surface area contributed by atoms with Crippen LogP contribution in [-0.4, -0.2) is 59.5 Å². The van der Waals surface area contributed by atoms with Crippen LogP contribution in [0.1, 0.15) is 76.7 Å². The highest BCUT2D eigenvalue weighted by atomic mass is 19.1. The molecule has 2 aromatic carbocycles. The number of aryl methyl sites for hydroxylation is 2. The van der Waals surface area contributed by atoms with Crippen molar-refractivity contribution in [1.82, 2.24) is 9.38 Å². The smallest absolute Gasteiger partial charge is 0.339 e.